The van der Waals surface area contributed by atoms with Gasteiger partial charge in [-0.25, -0.2) is 4.90 Å². The van der Waals surface area contributed by atoms with E-state index in [9.17, 15) is 9.59 Å². The summed E-state index contributed by atoms with van der Waals surface area (Å²) in [5, 5.41) is 0. The summed E-state index contributed by atoms with van der Waals surface area (Å²) in [5.74, 6) is 0.0961. The first-order valence-corrected chi connectivity index (χ1v) is 11.5. The van der Waals surface area contributed by atoms with Gasteiger partial charge in [0.1, 0.15) is 5.75 Å². The number of benzene rings is 3. The minimum atomic E-state index is -0.306. The molecule has 2 amide bonds. The highest BCUT2D eigenvalue weighted by Gasteiger charge is 2.40. The third-order valence-corrected chi connectivity index (χ3v) is 6.49. The number of rotatable bonds is 8. The third-order valence-electron chi connectivity index (χ3n) is 5.40. The first kappa shape index (κ1) is 21.9. The highest BCUT2D eigenvalue weighted by atomic mass is 32.2. The Bertz CT molecular complexity index is 1140. The largest absolute Gasteiger partial charge is 0.497 e. The molecule has 0 N–H and O–H groups in total. The molecule has 0 aliphatic carbocycles. The number of carbonyl (C=O) groups is 2. The molecule has 0 atom stereocenters. The second kappa shape index (κ2) is 9.88. The third kappa shape index (κ3) is 4.48. The summed E-state index contributed by atoms with van der Waals surface area (Å²) < 4.78 is 5.25. The molecule has 1 aliphatic rings. The number of hydrogen-bond acceptors (Lipinski definition) is 4. The molecule has 3 aromatic rings. The van der Waals surface area contributed by atoms with E-state index in [1.54, 1.807) is 19.2 Å². The summed E-state index contributed by atoms with van der Waals surface area (Å²) in [4.78, 5) is 29.6. The molecule has 162 valence electrons. The Labute approximate surface area is 192 Å². The lowest BCUT2D eigenvalue weighted by molar-refractivity contribution is -0.119. The van der Waals surface area contributed by atoms with E-state index in [2.05, 4.69) is 6.92 Å². The zero-order valence-corrected chi connectivity index (χ0v) is 19.0. The number of anilines is 1. The monoisotopic (exact) mass is 443 g/mol. The Hall–Kier alpha value is -3.31. The van der Waals surface area contributed by atoms with E-state index in [4.69, 9.17) is 4.74 Å². The van der Waals surface area contributed by atoms with Crippen molar-refractivity contribution in [1.29, 1.82) is 0 Å². The molecule has 0 spiro atoms. The standard InChI is InChI=1S/C27H25NO3S/c1-3-4-8-19-11-15-21(16-12-19)28-26(29)24(20-13-17-22(31-2)18-14-20)25(27(28)30)32-23-9-6-5-7-10-23/h5-7,9-18H,3-4,8H2,1-2H3. The number of methoxy groups -OCH3 is 1. The van der Waals surface area contributed by atoms with Gasteiger partial charge in [0.25, 0.3) is 11.8 Å². The van der Waals surface area contributed by atoms with Crippen molar-refractivity contribution in [2.45, 2.75) is 31.1 Å². The predicted molar refractivity (Wildman–Crippen MR) is 130 cm³/mol. The predicted octanol–water partition coefficient (Wildman–Crippen LogP) is 6.11. The molecule has 0 unspecified atom stereocenters. The Balaban J connectivity index is 1.72. The lowest BCUT2D eigenvalue weighted by atomic mass is 10.1. The van der Waals surface area contributed by atoms with E-state index < -0.39 is 0 Å². The Morgan fingerprint density at radius 2 is 1.53 bits per heavy atom. The van der Waals surface area contributed by atoms with Crippen molar-refractivity contribution in [3.63, 3.8) is 0 Å². The topological polar surface area (TPSA) is 46.6 Å². The first-order valence-electron chi connectivity index (χ1n) is 10.7. The molecule has 3 aromatic carbocycles. The van der Waals surface area contributed by atoms with E-state index in [1.165, 1.54) is 22.2 Å². The van der Waals surface area contributed by atoms with Crippen LogP contribution >= 0.6 is 11.8 Å². The van der Waals surface area contributed by atoms with Crippen molar-refractivity contribution in [3.05, 3.63) is 94.9 Å². The molecular formula is C27H25NO3S. The van der Waals surface area contributed by atoms with Crippen LogP contribution in [0.5, 0.6) is 5.75 Å². The fraction of sp³-hybridized carbons (Fsp3) is 0.185. The summed E-state index contributed by atoms with van der Waals surface area (Å²) in [5.41, 5.74) is 2.91. The number of imide groups is 1. The van der Waals surface area contributed by atoms with E-state index >= 15 is 0 Å². The average molecular weight is 444 g/mol. The van der Waals surface area contributed by atoms with E-state index in [0.717, 1.165) is 24.2 Å². The van der Waals surface area contributed by atoms with Crippen molar-refractivity contribution in [2.75, 3.05) is 12.0 Å². The van der Waals surface area contributed by atoms with Gasteiger partial charge in [0.05, 0.1) is 23.3 Å². The maximum absolute atomic E-state index is 13.5. The maximum atomic E-state index is 13.5. The van der Waals surface area contributed by atoms with Crippen LogP contribution in [0.3, 0.4) is 0 Å². The second-order valence-electron chi connectivity index (χ2n) is 7.56. The summed E-state index contributed by atoms with van der Waals surface area (Å²) in [7, 11) is 1.60. The van der Waals surface area contributed by atoms with Crippen LogP contribution in [0.25, 0.3) is 5.57 Å². The smallest absolute Gasteiger partial charge is 0.272 e. The van der Waals surface area contributed by atoms with Gasteiger partial charge in [-0.1, -0.05) is 67.6 Å². The van der Waals surface area contributed by atoms with Gasteiger partial charge in [0.2, 0.25) is 0 Å². The Morgan fingerprint density at radius 1 is 0.844 bits per heavy atom. The van der Waals surface area contributed by atoms with Gasteiger partial charge in [-0.15, -0.1) is 0 Å². The fourth-order valence-corrected chi connectivity index (χ4v) is 4.66. The van der Waals surface area contributed by atoms with Gasteiger partial charge in [0, 0.05) is 4.90 Å². The molecule has 0 saturated heterocycles. The molecule has 32 heavy (non-hydrogen) atoms. The molecule has 4 rings (SSSR count). The zero-order chi connectivity index (χ0) is 22.5. The first-order chi connectivity index (χ1) is 15.6. The highest BCUT2D eigenvalue weighted by Crippen LogP contribution is 2.41. The van der Waals surface area contributed by atoms with Crippen LogP contribution in [0, 0.1) is 0 Å². The molecule has 0 radical (unpaired) electrons. The van der Waals surface area contributed by atoms with Crippen LogP contribution in [0.1, 0.15) is 30.9 Å². The summed E-state index contributed by atoms with van der Waals surface area (Å²) in [6, 6.07) is 24.6. The molecule has 0 aromatic heterocycles. The average Bonchev–Trinajstić information content (AvgIpc) is 3.08. The quantitative estimate of drug-likeness (QED) is 0.394. The molecule has 0 fully saturated rings. The van der Waals surface area contributed by atoms with Gasteiger partial charge in [-0.2, -0.15) is 0 Å². The SMILES string of the molecule is CCCCc1ccc(N2C(=O)C(Sc3ccccc3)=C(c3ccc(OC)cc3)C2=O)cc1. The summed E-state index contributed by atoms with van der Waals surface area (Å²) >= 11 is 1.32. The summed E-state index contributed by atoms with van der Waals surface area (Å²) in [6.45, 7) is 2.16. The number of carbonyl (C=O) groups excluding carboxylic acids is 2. The van der Waals surface area contributed by atoms with Crippen LogP contribution in [0.2, 0.25) is 0 Å². The normalized spacial score (nSPS) is 13.8. The van der Waals surface area contributed by atoms with Crippen molar-refractivity contribution < 1.29 is 14.3 Å². The molecule has 1 heterocycles. The van der Waals surface area contributed by atoms with Gasteiger partial charge < -0.3 is 4.74 Å². The van der Waals surface area contributed by atoms with Gasteiger partial charge >= 0.3 is 0 Å². The number of unbranched alkanes of at least 4 members (excludes halogenated alkanes) is 1. The molecule has 0 bridgehead atoms. The number of aryl methyl sites for hydroxylation is 1. The molecule has 1 aliphatic heterocycles. The van der Waals surface area contributed by atoms with Gasteiger partial charge in [-0.3, -0.25) is 9.59 Å². The van der Waals surface area contributed by atoms with Crippen molar-refractivity contribution in [2.24, 2.45) is 0 Å². The van der Waals surface area contributed by atoms with Crippen LogP contribution < -0.4 is 9.64 Å². The number of amides is 2. The number of nitrogens with zero attached hydrogens (tertiary/aromatic N) is 1. The zero-order valence-electron chi connectivity index (χ0n) is 18.2. The van der Waals surface area contributed by atoms with Gasteiger partial charge in [0.15, 0.2) is 0 Å². The Morgan fingerprint density at radius 3 is 2.16 bits per heavy atom. The van der Waals surface area contributed by atoms with E-state index in [1.807, 2.05) is 66.7 Å². The second-order valence-corrected chi connectivity index (χ2v) is 8.65. The van der Waals surface area contributed by atoms with E-state index in [-0.39, 0.29) is 11.8 Å². The summed E-state index contributed by atoms with van der Waals surface area (Å²) in [6.07, 6.45) is 3.23. The highest BCUT2D eigenvalue weighted by molar-refractivity contribution is 8.04. The number of hydrogen-bond donors (Lipinski definition) is 0. The minimum absolute atomic E-state index is 0.295. The number of thioether (sulfide) groups is 1. The van der Waals surface area contributed by atoms with E-state index in [0.29, 0.717) is 27.5 Å². The minimum Gasteiger partial charge on any atom is -0.497 e. The molecule has 4 nitrogen and oxygen atoms in total. The van der Waals surface area contributed by atoms with Crippen LogP contribution in [-0.2, 0) is 16.0 Å². The van der Waals surface area contributed by atoms with Crippen molar-refractivity contribution >= 4 is 34.8 Å². The van der Waals surface area contributed by atoms with Crippen molar-refractivity contribution in [1.82, 2.24) is 0 Å². The van der Waals surface area contributed by atoms with Gasteiger partial charge in [-0.05, 0) is 60.4 Å². The molecule has 0 saturated carbocycles. The molecule has 5 heteroatoms. The molecular weight excluding hydrogens is 418 g/mol. The van der Waals surface area contributed by atoms with Crippen molar-refractivity contribution in [3.8, 4) is 5.75 Å². The van der Waals surface area contributed by atoms with Crippen LogP contribution in [0.4, 0.5) is 5.69 Å². The van der Waals surface area contributed by atoms with Crippen LogP contribution in [0.15, 0.2) is 88.7 Å². The fourth-order valence-electron chi connectivity index (χ4n) is 3.65. The number of ether oxygens (including phenoxy) is 1. The van der Waals surface area contributed by atoms with Crippen LogP contribution in [-0.4, -0.2) is 18.9 Å². The maximum Gasteiger partial charge on any atom is 0.272 e. The lowest BCUT2D eigenvalue weighted by Crippen LogP contribution is -2.31. The Kier molecular flexibility index (Phi) is 6.76. The lowest BCUT2D eigenvalue weighted by Gasteiger charge is -2.16.